The van der Waals surface area contributed by atoms with E-state index in [4.69, 9.17) is 55.9 Å². The molecule has 34 heavy (non-hydrogen) atoms. The fraction of sp³-hybridized carbons (Fsp3) is 0.500. The van der Waals surface area contributed by atoms with E-state index in [1.165, 1.54) is 0 Å². The van der Waals surface area contributed by atoms with Crippen LogP contribution in [0.3, 0.4) is 0 Å². The van der Waals surface area contributed by atoms with Crippen LogP contribution in [0.25, 0.3) is 0 Å². The minimum atomic E-state index is -0.665. The van der Waals surface area contributed by atoms with Gasteiger partial charge in [-0.1, -0.05) is 53.3 Å². The molecule has 0 aliphatic carbocycles. The van der Waals surface area contributed by atoms with Crippen LogP contribution in [0, 0.1) is 0 Å². The average molecular weight is 554 g/mol. The summed E-state index contributed by atoms with van der Waals surface area (Å²) in [6.45, 7) is 4.05. The average Bonchev–Trinajstić information content (AvgIpc) is 2.80. The van der Waals surface area contributed by atoms with Gasteiger partial charge in [-0.15, -0.1) is 0 Å². The summed E-state index contributed by atoms with van der Waals surface area (Å²) in [5, 5.41) is 25.6. The second-order valence-electron chi connectivity index (χ2n) is 8.15. The lowest BCUT2D eigenvalue weighted by molar-refractivity contribution is 0.0744. The second kappa shape index (κ2) is 15.2. The molecule has 0 amide bonds. The number of hydrogen-bond acceptors (Lipinski definition) is 6. The third-order valence-corrected chi connectivity index (χ3v) is 6.66. The Morgan fingerprint density at radius 1 is 0.853 bits per heavy atom. The van der Waals surface area contributed by atoms with Gasteiger partial charge in [0.15, 0.2) is 0 Å². The third-order valence-electron chi connectivity index (χ3n) is 5.18. The molecule has 2 rings (SSSR count). The first-order chi connectivity index (χ1) is 16.2. The van der Waals surface area contributed by atoms with Crippen LogP contribution in [0.5, 0.6) is 11.5 Å². The molecular formula is C24H32Cl4N2O4. The summed E-state index contributed by atoms with van der Waals surface area (Å²) in [5.74, 6) is 1.12. The van der Waals surface area contributed by atoms with Crippen LogP contribution in [-0.4, -0.2) is 73.3 Å². The van der Waals surface area contributed by atoms with E-state index in [1.807, 2.05) is 7.05 Å². The zero-order valence-corrected chi connectivity index (χ0v) is 22.3. The first kappa shape index (κ1) is 29.3. The summed E-state index contributed by atoms with van der Waals surface area (Å²) in [4.78, 5) is 2.05. The first-order valence-electron chi connectivity index (χ1n) is 11.1. The molecule has 6 nitrogen and oxygen atoms in total. The van der Waals surface area contributed by atoms with E-state index in [-0.39, 0.29) is 19.3 Å². The van der Waals surface area contributed by atoms with Crippen molar-refractivity contribution in [1.29, 1.82) is 0 Å². The van der Waals surface area contributed by atoms with Crippen molar-refractivity contribution in [2.24, 2.45) is 0 Å². The summed E-state index contributed by atoms with van der Waals surface area (Å²) < 4.78 is 11.2. The second-order valence-corrected chi connectivity index (χ2v) is 9.77. The van der Waals surface area contributed by atoms with E-state index in [0.29, 0.717) is 44.7 Å². The molecule has 2 aromatic rings. The molecule has 0 aliphatic rings. The number of likely N-dealkylation sites (N-methyl/N-ethyl adjacent to an activating group) is 1. The Hall–Kier alpha value is -0.960. The van der Waals surface area contributed by atoms with Crippen molar-refractivity contribution in [3.8, 4) is 11.5 Å². The lowest BCUT2D eigenvalue weighted by Gasteiger charge is -2.24. The quantitative estimate of drug-likeness (QED) is 0.282. The van der Waals surface area contributed by atoms with Gasteiger partial charge in [0.05, 0.1) is 20.1 Å². The van der Waals surface area contributed by atoms with Crippen LogP contribution < -0.4 is 14.8 Å². The van der Waals surface area contributed by atoms with Crippen LogP contribution in [0.4, 0.5) is 0 Å². The Morgan fingerprint density at radius 3 is 1.88 bits per heavy atom. The maximum atomic E-state index is 10.3. The maximum Gasteiger partial charge on any atom is 0.121 e. The number of ether oxygens (including phenoxy) is 2. The summed E-state index contributed by atoms with van der Waals surface area (Å²) in [5.41, 5.74) is 0. The van der Waals surface area contributed by atoms with E-state index in [0.717, 1.165) is 19.4 Å². The molecule has 190 valence electrons. The Kier molecular flexibility index (Phi) is 13.1. The minimum absolute atomic E-state index is 0.145. The Bertz CT molecular complexity index is 890. The first-order valence-corrected chi connectivity index (χ1v) is 12.6. The number of hydrogen-bond donors (Lipinski definition) is 3. The molecule has 0 aliphatic heterocycles. The number of benzene rings is 2. The van der Waals surface area contributed by atoms with Crippen LogP contribution in [0.15, 0.2) is 36.4 Å². The molecule has 3 atom stereocenters. The van der Waals surface area contributed by atoms with Gasteiger partial charge in [0.25, 0.3) is 0 Å². The van der Waals surface area contributed by atoms with E-state index in [1.54, 1.807) is 36.4 Å². The SMILES string of the molecule is CCC(CCN(C)C[C@@H](O)COc1ccc(Cl)c(Cl)c1)NC[C@@H](O)COc1ccc(Cl)c(Cl)c1. The fourth-order valence-electron chi connectivity index (χ4n) is 3.21. The van der Waals surface area contributed by atoms with Crippen molar-refractivity contribution in [1.82, 2.24) is 10.2 Å². The number of halogens is 4. The molecular weight excluding hydrogens is 522 g/mol. The van der Waals surface area contributed by atoms with Gasteiger partial charge < -0.3 is 29.9 Å². The van der Waals surface area contributed by atoms with Crippen LogP contribution in [0.1, 0.15) is 19.8 Å². The van der Waals surface area contributed by atoms with Crippen molar-refractivity contribution in [2.45, 2.75) is 38.0 Å². The highest BCUT2D eigenvalue weighted by atomic mass is 35.5. The number of nitrogens with one attached hydrogen (secondary N) is 1. The molecule has 10 heteroatoms. The molecule has 3 N–H and O–H groups in total. The zero-order valence-electron chi connectivity index (χ0n) is 19.3. The predicted molar refractivity (Wildman–Crippen MR) is 140 cm³/mol. The normalized spacial score (nSPS) is 14.1. The van der Waals surface area contributed by atoms with Gasteiger partial charge in [0.2, 0.25) is 0 Å². The van der Waals surface area contributed by atoms with Gasteiger partial charge in [-0.3, -0.25) is 0 Å². The Balaban J connectivity index is 1.64. The van der Waals surface area contributed by atoms with Crippen molar-refractivity contribution >= 4 is 46.4 Å². The molecule has 0 fully saturated rings. The van der Waals surface area contributed by atoms with Gasteiger partial charge in [0, 0.05) is 31.3 Å². The highest BCUT2D eigenvalue weighted by molar-refractivity contribution is 6.42. The van der Waals surface area contributed by atoms with Gasteiger partial charge in [0.1, 0.15) is 36.9 Å². The van der Waals surface area contributed by atoms with Crippen molar-refractivity contribution in [3.05, 3.63) is 56.5 Å². The lowest BCUT2D eigenvalue weighted by Crippen LogP contribution is -2.40. The highest BCUT2D eigenvalue weighted by Gasteiger charge is 2.14. The van der Waals surface area contributed by atoms with E-state index >= 15 is 0 Å². The van der Waals surface area contributed by atoms with E-state index < -0.39 is 12.2 Å². The number of aliphatic hydroxyl groups is 2. The molecule has 2 aromatic carbocycles. The predicted octanol–water partition coefficient (Wildman–Crippen LogP) is 5.17. The van der Waals surface area contributed by atoms with Gasteiger partial charge in [-0.2, -0.15) is 0 Å². The number of nitrogens with zero attached hydrogens (tertiary/aromatic N) is 1. The molecule has 0 heterocycles. The standard InChI is InChI=1S/C24H32Cl4N2O4/c1-3-16(29-12-17(31)14-33-19-4-6-21(25)23(27)10-19)8-9-30(2)13-18(32)15-34-20-5-7-22(26)24(28)11-20/h4-7,10-11,16-18,29,31-32H,3,8-9,12-15H2,1-2H3/t16?,17-,18-/m1/s1. The van der Waals surface area contributed by atoms with E-state index in [9.17, 15) is 10.2 Å². The van der Waals surface area contributed by atoms with Crippen molar-refractivity contribution in [2.75, 3.05) is 39.9 Å². The van der Waals surface area contributed by atoms with Crippen LogP contribution in [0.2, 0.25) is 20.1 Å². The number of aliphatic hydroxyl groups excluding tert-OH is 2. The molecule has 0 bridgehead atoms. The summed E-state index contributed by atoms with van der Waals surface area (Å²) in [6, 6.07) is 10.2. The van der Waals surface area contributed by atoms with Crippen molar-refractivity contribution < 1.29 is 19.7 Å². The zero-order chi connectivity index (χ0) is 25.1. The topological polar surface area (TPSA) is 74.2 Å². The summed E-state index contributed by atoms with van der Waals surface area (Å²) >= 11 is 23.7. The molecule has 0 saturated heterocycles. The van der Waals surface area contributed by atoms with E-state index in [2.05, 4.69) is 17.1 Å². The smallest absolute Gasteiger partial charge is 0.121 e. The molecule has 1 unspecified atom stereocenters. The van der Waals surface area contributed by atoms with Gasteiger partial charge >= 0.3 is 0 Å². The largest absolute Gasteiger partial charge is 0.491 e. The monoisotopic (exact) mass is 552 g/mol. The Labute approximate surface area is 221 Å². The number of rotatable bonds is 15. The fourth-order valence-corrected chi connectivity index (χ4v) is 3.79. The molecule has 0 aromatic heterocycles. The molecule has 0 saturated carbocycles. The van der Waals surface area contributed by atoms with Gasteiger partial charge in [-0.25, -0.2) is 0 Å². The third kappa shape index (κ3) is 10.8. The Morgan fingerprint density at radius 2 is 1.38 bits per heavy atom. The highest BCUT2D eigenvalue weighted by Crippen LogP contribution is 2.27. The molecule has 0 radical (unpaired) electrons. The maximum absolute atomic E-state index is 10.3. The van der Waals surface area contributed by atoms with Crippen molar-refractivity contribution in [3.63, 3.8) is 0 Å². The van der Waals surface area contributed by atoms with Crippen LogP contribution >= 0.6 is 46.4 Å². The van der Waals surface area contributed by atoms with Gasteiger partial charge in [-0.05, 0) is 50.7 Å². The minimum Gasteiger partial charge on any atom is -0.491 e. The summed E-state index contributed by atoms with van der Waals surface area (Å²) in [6.07, 6.45) is 0.472. The lowest BCUT2D eigenvalue weighted by atomic mass is 10.1. The van der Waals surface area contributed by atoms with Crippen LogP contribution in [-0.2, 0) is 0 Å². The summed E-state index contributed by atoms with van der Waals surface area (Å²) in [7, 11) is 1.95. The molecule has 0 spiro atoms.